The highest BCUT2D eigenvalue weighted by Crippen LogP contribution is 1.98. The first-order valence-corrected chi connectivity index (χ1v) is 4.68. The molecule has 0 bridgehead atoms. The summed E-state index contributed by atoms with van der Waals surface area (Å²) in [5, 5.41) is 7.00. The number of aliphatic hydroxyl groups excluding tert-OH is 1. The molecule has 88 valence electrons. The van der Waals surface area contributed by atoms with Crippen molar-refractivity contribution in [3.63, 3.8) is 0 Å². The van der Waals surface area contributed by atoms with E-state index < -0.39 is 0 Å². The van der Waals surface area contributed by atoms with Gasteiger partial charge in [0.15, 0.2) is 0 Å². The van der Waals surface area contributed by atoms with Crippen molar-refractivity contribution < 1.29 is 24.8 Å². The standard InChI is InChI=1S/C4H8O2.C4H8O.CH4O.H2O/c1-2-6-4-3-5-1;1-2-4-5-3-1;1-2;/h1-4H2;1-4H2;2H,1H3;1H2. The van der Waals surface area contributed by atoms with Crippen LogP contribution in [0.5, 0.6) is 0 Å². The number of aliphatic hydroxyl groups is 1. The molecule has 3 N–H and O–H groups in total. The summed E-state index contributed by atoms with van der Waals surface area (Å²) in [4.78, 5) is 0. The summed E-state index contributed by atoms with van der Waals surface area (Å²) in [6.45, 7) is 5.11. The van der Waals surface area contributed by atoms with Gasteiger partial charge in [0.05, 0.1) is 26.4 Å². The van der Waals surface area contributed by atoms with Crippen LogP contribution >= 0.6 is 0 Å². The van der Waals surface area contributed by atoms with E-state index >= 15 is 0 Å². The molecule has 0 unspecified atom stereocenters. The molecule has 5 nitrogen and oxygen atoms in total. The monoisotopic (exact) mass is 210 g/mol. The molecule has 0 radical (unpaired) electrons. The molecule has 2 fully saturated rings. The quantitative estimate of drug-likeness (QED) is 0.590. The van der Waals surface area contributed by atoms with Crippen LogP contribution < -0.4 is 0 Å². The fraction of sp³-hybridized carbons (Fsp3) is 1.00. The van der Waals surface area contributed by atoms with Gasteiger partial charge in [0, 0.05) is 20.3 Å². The van der Waals surface area contributed by atoms with Gasteiger partial charge >= 0.3 is 0 Å². The van der Waals surface area contributed by atoms with Crippen LogP contribution in [0.1, 0.15) is 12.8 Å². The third-order valence-corrected chi connectivity index (χ3v) is 1.57. The van der Waals surface area contributed by atoms with E-state index in [2.05, 4.69) is 0 Å². The first-order chi connectivity index (χ1) is 6.50. The fourth-order valence-corrected chi connectivity index (χ4v) is 0.950. The third kappa shape index (κ3) is 11.8. The van der Waals surface area contributed by atoms with Crippen LogP contribution in [-0.2, 0) is 14.2 Å². The highest BCUT2D eigenvalue weighted by Gasteiger charge is 1.95. The molecule has 0 aromatic rings. The van der Waals surface area contributed by atoms with E-state index in [9.17, 15) is 0 Å². The van der Waals surface area contributed by atoms with Gasteiger partial charge in [0.25, 0.3) is 0 Å². The van der Waals surface area contributed by atoms with Crippen LogP contribution in [-0.4, -0.2) is 57.3 Å². The van der Waals surface area contributed by atoms with Gasteiger partial charge in [0.2, 0.25) is 0 Å². The summed E-state index contributed by atoms with van der Waals surface area (Å²) in [5.41, 5.74) is 0. The molecule has 2 heterocycles. The van der Waals surface area contributed by atoms with Crippen molar-refractivity contribution >= 4 is 0 Å². The Kier molecular flexibility index (Phi) is 17.7. The summed E-state index contributed by atoms with van der Waals surface area (Å²) in [5.74, 6) is 0. The average molecular weight is 210 g/mol. The lowest BCUT2D eigenvalue weighted by Crippen LogP contribution is -2.16. The van der Waals surface area contributed by atoms with E-state index in [0.717, 1.165) is 46.8 Å². The van der Waals surface area contributed by atoms with Crippen molar-refractivity contribution in [3.05, 3.63) is 0 Å². The van der Waals surface area contributed by atoms with E-state index in [4.69, 9.17) is 19.3 Å². The lowest BCUT2D eigenvalue weighted by molar-refractivity contribution is -0.0334. The highest BCUT2D eigenvalue weighted by molar-refractivity contribution is 4.43. The second-order valence-electron chi connectivity index (χ2n) is 2.54. The van der Waals surface area contributed by atoms with Crippen molar-refractivity contribution in [2.45, 2.75) is 12.8 Å². The summed E-state index contributed by atoms with van der Waals surface area (Å²) < 4.78 is 14.8. The Morgan fingerprint density at radius 3 is 1.07 bits per heavy atom. The Hall–Kier alpha value is -0.200. The van der Waals surface area contributed by atoms with Crippen LogP contribution in [0.25, 0.3) is 0 Å². The number of hydrogen-bond acceptors (Lipinski definition) is 4. The first-order valence-electron chi connectivity index (χ1n) is 4.68. The minimum absolute atomic E-state index is 0. The van der Waals surface area contributed by atoms with Crippen LogP contribution in [0.15, 0.2) is 0 Å². The third-order valence-electron chi connectivity index (χ3n) is 1.57. The maximum absolute atomic E-state index is 7.00. The van der Waals surface area contributed by atoms with Gasteiger partial charge in [-0.05, 0) is 12.8 Å². The molecule has 14 heavy (non-hydrogen) atoms. The van der Waals surface area contributed by atoms with Crippen molar-refractivity contribution in [1.29, 1.82) is 0 Å². The Morgan fingerprint density at radius 2 is 0.929 bits per heavy atom. The maximum atomic E-state index is 7.00. The number of rotatable bonds is 0. The second-order valence-corrected chi connectivity index (χ2v) is 2.54. The van der Waals surface area contributed by atoms with Crippen LogP contribution in [0, 0.1) is 0 Å². The molecule has 0 atom stereocenters. The molecule has 0 aromatic carbocycles. The zero-order valence-electron chi connectivity index (χ0n) is 8.83. The van der Waals surface area contributed by atoms with Crippen LogP contribution in [0.2, 0.25) is 0 Å². The summed E-state index contributed by atoms with van der Waals surface area (Å²) in [7, 11) is 1.00. The Morgan fingerprint density at radius 1 is 0.643 bits per heavy atom. The molecule has 5 heteroatoms. The summed E-state index contributed by atoms with van der Waals surface area (Å²) in [6.07, 6.45) is 2.56. The van der Waals surface area contributed by atoms with Crippen LogP contribution in [0.4, 0.5) is 0 Å². The minimum Gasteiger partial charge on any atom is -0.412 e. The maximum Gasteiger partial charge on any atom is 0.0701 e. The Bertz CT molecular complexity index is 62.2. The van der Waals surface area contributed by atoms with Gasteiger partial charge in [0.1, 0.15) is 0 Å². The Labute approximate surface area is 85.3 Å². The lowest BCUT2D eigenvalue weighted by Gasteiger charge is -2.09. The molecule has 0 spiro atoms. The van der Waals surface area contributed by atoms with Gasteiger partial charge in [-0.25, -0.2) is 0 Å². The molecule has 0 aliphatic carbocycles. The molecule has 2 aliphatic heterocycles. The molecular weight excluding hydrogens is 188 g/mol. The van der Waals surface area contributed by atoms with Gasteiger partial charge in [-0.3, -0.25) is 0 Å². The molecule has 2 aliphatic rings. The molecule has 2 rings (SSSR count). The predicted octanol–water partition coefficient (Wildman–Crippen LogP) is -0.386. The topological polar surface area (TPSA) is 79.4 Å². The van der Waals surface area contributed by atoms with Gasteiger partial charge in [-0.15, -0.1) is 0 Å². The van der Waals surface area contributed by atoms with Crippen molar-refractivity contribution in [3.8, 4) is 0 Å². The predicted molar refractivity (Wildman–Crippen MR) is 53.4 cm³/mol. The van der Waals surface area contributed by atoms with E-state index in [1.165, 1.54) is 12.8 Å². The molecule has 0 aromatic heterocycles. The zero-order chi connectivity index (χ0) is 9.78. The average Bonchev–Trinajstić information content (AvgIpc) is 2.82. The molecule has 2 saturated heterocycles. The SMILES string of the molecule is C1CCOC1.C1COCCO1.CO.O. The van der Waals surface area contributed by atoms with Gasteiger partial charge in [-0.1, -0.05) is 0 Å². The van der Waals surface area contributed by atoms with Crippen molar-refractivity contribution in [2.75, 3.05) is 46.8 Å². The van der Waals surface area contributed by atoms with E-state index in [0.29, 0.717) is 0 Å². The first kappa shape index (κ1) is 16.2. The Balaban J connectivity index is 0. The number of hydrogen-bond donors (Lipinski definition) is 1. The fourth-order valence-electron chi connectivity index (χ4n) is 0.950. The van der Waals surface area contributed by atoms with E-state index in [1.54, 1.807) is 0 Å². The van der Waals surface area contributed by atoms with Gasteiger partial charge in [-0.2, -0.15) is 0 Å². The second kappa shape index (κ2) is 15.3. The van der Waals surface area contributed by atoms with Crippen molar-refractivity contribution in [1.82, 2.24) is 0 Å². The number of ether oxygens (including phenoxy) is 3. The zero-order valence-corrected chi connectivity index (χ0v) is 8.83. The minimum atomic E-state index is 0. The van der Waals surface area contributed by atoms with E-state index in [1.807, 2.05) is 0 Å². The molecule has 0 amide bonds. The normalized spacial score (nSPS) is 19.3. The highest BCUT2D eigenvalue weighted by atomic mass is 16.6. The van der Waals surface area contributed by atoms with Gasteiger partial charge < -0.3 is 24.8 Å². The summed E-state index contributed by atoms with van der Waals surface area (Å²) >= 11 is 0. The van der Waals surface area contributed by atoms with Crippen LogP contribution in [0.3, 0.4) is 0 Å². The largest absolute Gasteiger partial charge is 0.412 e. The lowest BCUT2D eigenvalue weighted by atomic mass is 10.4. The molecular formula is C9H22O5. The van der Waals surface area contributed by atoms with Crippen molar-refractivity contribution in [2.24, 2.45) is 0 Å². The molecule has 0 saturated carbocycles. The summed E-state index contributed by atoms with van der Waals surface area (Å²) in [6, 6.07) is 0. The smallest absolute Gasteiger partial charge is 0.0701 e. The van der Waals surface area contributed by atoms with E-state index in [-0.39, 0.29) is 5.48 Å².